The Morgan fingerprint density at radius 3 is 2.31 bits per heavy atom. The van der Waals surface area contributed by atoms with Crippen LogP contribution in [0.1, 0.15) is 32.8 Å². The average Bonchev–Trinajstić information content (AvgIpc) is 2.82. The molecule has 35 heavy (non-hydrogen) atoms. The molecule has 0 saturated heterocycles. The summed E-state index contributed by atoms with van der Waals surface area (Å²) in [7, 11) is -2.38. The third kappa shape index (κ3) is 8.14. The van der Waals surface area contributed by atoms with Gasteiger partial charge in [0, 0.05) is 12.6 Å². The number of nitrogens with one attached hydrogen (secondary N) is 1. The number of anilines is 1. The molecule has 0 aromatic heterocycles. The van der Waals surface area contributed by atoms with Crippen LogP contribution in [0.3, 0.4) is 0 Å². The lowest BCUT2D eigenvalue weighted by Gasteiger charge is -2.32. The lowest BCUT2D eigenvalue weighted by molar-refractivity contribution is -0.139. The molecule has 8 nitrogen and oxygen atoms in total. The Morgan fingerprint density at radius 2 is 1.77 bits per heavy atom. The number of carbonyl (C=O) groups excluding carboxylic acids is 2. The second kappa shape index (κ2) is 12.8. The zero-order valence-corrected chi connectivity index (χ0v) is 22.4. The van der Waals surface area contributed by atoms with Crippen LogP contribution in [0.4, 0.5) is 5.69 Å². The zero-order valence-electron chi connectivity index (χ0n) is 20.8. The van der Waals surface area contributed by atoms with Crippen molar-refractivity contribution in [3.05, 3.63) is 59.1 Å². The molecule has 0 heterocycles. The number of ether oxygens (including phenoxy) is 1. The maximum Gasteiger partial charge on any atom is 0.244 e. The van der Waals surface area contributed by atoms with Gasteiger partial charge in [0.1, 0.15) is 18.3 Å². The maximum atomic E-state index is 13.5. The van der Waals surface area contributed by atoms with E-state index in [0.29, 0.717) is 12.2 Å². The highest BCUT2D eigenvalue weighted by Gasteiger charge is 2.30. The van der Waals surface area contributed by atoms with Gasteiger partial charge in [-0.1, -0.05) is 48.9 Å². The number of halogens is 1. The van der Waals surface area contributed by atoms with Crippen LogP contribution >= 0.6 is 11.6 Å². The summed E-state index contributed by atoms with van der Waals surface area (Å²) in [5.74, 6) is -0.403. The summed E-state index contributed by atoms with van der Waals surface area (Å²) in [4.78, 5) is 27.8. The summed E-state index contributed by atoms with van der Waals surface area (Å²) < 4.78 is 31.4. The average molecular weight is 524 g/mol. The molecule has 2 unspecified atom stereocenters. The first-order valence-corrected chi connectivity index (χ1v) is 13.7. The van der Waals surface area contributed by atoms with Crippen molar-refractivity contribution in [2.45, 2.75) is 45.7 Å². The van der Waals surface area contributed by atoms with E-state index in [0.717, 1.165) is 22.5 Å². The number of carbonyl (C=O) groups is 2. The summed E-state index contributed by atoms with van der Waals surface area (Å²) in [5, 5.41) is 3.12. The Morgan fingerprint density at radius 1 is 1.11 bits per heavy atom. The Labute approximate surface area is 213 Å². The monoisotopic (exact) mass is 523 g/mol. The van der Waals surface area contributed by atoms with Gasteiger partial charge in [-0.15, -0.1) is 0 Å². The summed E-state index contributed by atoms with van der Waals surface area (Å²) in [6.07, 6.45) is 2.28. The third-order valence-corrected chi connectivity index (χ3v) is 7.19. The van der Waals surface area contributed by atoms with Gasteiger partial charge in [0.15, 0.2) is 0 Å². The van der Waals surface area contributed by atoms with Crippen molar-refractivity contribution in [2.75, 3.05) is 30.8 Å². The van der Waals surface area contributed by atoms with Crippen LogP contribution in [0.15, 0.2) is 48.5 Å². The molecule has 0 bridgehead atoms. The van der Waals surface area contributed by atoms with Crippen LogP contribution in [0, 0.1) is 0 Å². The molecule has 0 saturated carbocycles. The van der Waals surface area contributed by atoms with Gasteiger partial charge in [-0.05, 0) is 50.5 Å². The van der Waals surface area contributed by atoms with Crippen molar-refractivity contribution >= 4 is 39.1 Å². The predicted molar refractivity (Wildman–Crippen MR) is 139 cm³/mol. The van der Waals surface area contributed by atoms with E-state index >= 15 is 0 Å². The molecule has 0 aliphatic heterocycles. The second-order valence-corrected chi connectivity index (χ2v) is 10.7. The number of benzene rings is 2. The van der Waals surface area contributed by atoms with E-state index in [1.807, 2.05) is 44.2 Å². The largest absolute Gasteiger partial charge is 0.495 e. The van der Waals surface area contributed by atoms with Gasteiger partial charge in [0.05, 0.1) is 24.1 Å². The molecule has 1 N–H and O–H groups in total. The number of amides is 2. The molecule has 2 aromatic carbocycles. The fourth-order valence-electron chi connectivity index (χ4n) is 3.46. The molecule has 2 amide bonds. The number of rotatable bonds is 12. The highest BCUT2D eigenvalue weighted by atomic mass is 35.5. The Kier molecular flexibility index (Phi) is 10.4. The van der Waals surface area contributed by atoms with Crippen LogP contribution in [0.25, 0.3) is 0 Å². The van der Waals surface area contributed by atoms with Crippen molar-refractivity contribution in [3.63, 3.8) is 0 Å². The van der Waals surface area contributed by atoms with E-state index in [2.05, 4.69) is 5.32 Å². The third-order valence-electron chi connectivity index (χ3n) is 5.76. The molecular formula is C25H34ClN3O5S. The Balaban J connectivity index is 2.34. The number of methoxy groups -OCH3 is 1. The summed E-state index contributed by atoms with van der Waals surface area (Å²) in [6, 6.07) is 13.2. The molecule has 2 atom stereocenters. The molecule has 0 aliphatic carbocycles. The molecule has 192 valence electrons. The van der Waals surface area contributed by atoms with E-state index < -0.39 is 28.5 Å². The van der Waals surface area contributed by atoms with E-state index in [4.69, 9.17) is 16.3 Å². The van der Waals surface area contributed by atoms with Crippen molar-refractivity contribution in [1.82, 2.24) is 10.2 Å². The lowest BCUT2D eigenvalue weighted by atomic mass is 10.1. The maximum absolute atomic E-state index is 13.5. The first-order chi connectivity index (χ1) is 16.5. The van der Waals surface area contributed by atoms with E-state index in [-0.39, 0.29) is 29.2 Å². The van der Waals surface area contributed by atoms with Gasteiger partial charge in [-0.3, -0.25) is 13.9 Å². The molecule has 2 rings (SSSR count). The molecule has 10 heteroatoms. The van der Waals surface area contributed by atoms with Crippen molar-refractivity contribution < 1.29 is 22.7 Å². The number of hydrogen-bond donors (Lipinski definition) is 1. The van der Waals surface area contributed by atoms with Crippen molar-refractivity contribution in [2.24, 2.45) is 0 Å². The van der Waals surface area contributed by atoms with Gasteiger partial charge in [-0.25, -0.2) is 8.42 Å². The van der Waals surface area contributed by atoms with Crippen LogP contribution in [0.5, 0.6) is 5.75 Å². The second-order valence-electron chi connectivity index (χ2n) is 8.41. The van der Waals surface area contributed by atoms with Gasteiger partial charge >= 0.3 is 0 Å². The van der Waals surface area contributed by atoms with Gasteiger partial charge in [0.2, 0.25) is 21.8 Å². The number of hydrogen-bond acceptors (Lipinski definition) is 5. The molecule has 2 aromatic rings. The van der Waals surface area contributed by atoms with Crippen LogP contribution in [0.2, 0.25) is 5.02 Å². The minimum absolute atomic E-state index is 0.0509. The summed E-state index contributed by atoms with van der Waals surface area (Å²) in [6.45, 7) is 5.27. The molecule has 0 aliphatic rings. The smallest absolute Gasteiger partial charge is 0.244 e. The summed E-state index contributed by atoms with van der Waals surface area (Å²) in [5.41, 5.74) is 1.23. The first kappa shape index (κ1) is 28.5. The molecule has 0 spiro atoms. The zero-order chi connectivity index (χ0) is 26.2. The van der Waals surface area contributed by atoms with E-state index in [1.54, 1.807) is 6.92 Å². The quantitative estimate of drug-likeness (QED) is 0.459. The molecular weight excluding hydrogens is 490 g/mol. The normalized spacial score (nSPS) is 13.0. The predicted octanol–water partition coefficient (Wildman–Crippen LogP) is 3.49. The first-order valence-electron chi connectivity index (χ1n) is 11.4. The van der Waals surface area contributed by atoms with Crippen molar-refractivity contribution in [1.29, 1.82) is 0 Å². The van der Waals surface area contributed by atoms with Crippen LogP contribution in [-0.4, -0.2) is 63.7 Å². The topological polar surface area (TPSA) is 96.0 Å². The summed E-state index contributed by atoms with van der Waals surface area (Å²) >= 11 is 6.20. The number of nitrogens with zero attached hydrogens (tertiary/aromatic N) is 2. The van der Waals surface area contributed by atoms with Gasteiger partial charge in [0.25, 0.3) is 0 Å². The Bertz CT molecular complexity index is 1110. The Hall–Kier alpha value is -2.78. The fourth-order valence-corrected chi connectivity index (χ4v) is 4.55. The SMILES string of the molecule is CCC(C)NC(=O)C(C)N(CCc1ccccc1)C(=O)CN(c1ccc(OC)c(Cl)c1)S(C)(=O)=O. The van der Waals surface area contributed by atoms with Crippen molar-refractivity contribution in [3.8, 4) is 5.75 Å². The minimum atomic E-state index is -3.83. The van der Waals surface area contributed by atoms with Gasteiger partial charge in [-0.2, -0.15) is 0 Å². The molecule has 0 radical (unpaired) electrons. The van der Waals surface area contributed by atoms with Gasteiger partial charge < -0.3 is 15.0 Å². The van der Waals surface area contributed by atoms with Crippen LogP contribution < -0.4 is 14.4 Å². The lowest BCUT2D eigenvalue weighted by Crippen LogP contribution is -2.53. The van der Waals surface area contributed by atoms with E-state index in [1.165, 1.54) is 30.2 Å². The van der Waals surface area contributed by atoms with E-state index in [9.17, 15) is 18.0 Å². The minimum Gasteiger partial charge on any atom is -0.495 e. The fraction of sp³-hybridized carbons (Fsp3) is 0.440. The number of sulfonamides is 1. The molecule has 0 fully saturated rings. The standard InChI is InChI=1S/C25H34ClN3O5S/c1-6-18(2)27-25(31)19(3)28(15-14-20-10-8-7-9-11-20)24(30)17-29(35(5,32)33)21-12-13-23(34-4)22(26)16-21/h7-13,16,18-19H,6,14-15,17H2,1-5H3,(H,27,31). The van der Waals surface area contributed by atoms with Crippen LogP contribution in [-0.2, 0) is 26.0 Å². The highest BCUT2D eigenvalue weighted by molar-refractivity contribution is 7.92. The highest BCUT2D eigenvalue weighted by Crippen LogP contribution is 2.30.